The number of piperidine rings is 2. The van der Waals surface area contributed by atoms with E-state index in [1.165, 1.54) is 76.7 Å². The third kappa shape index (κ3) is 5.17. The first-order valence-electron chi connectivity index (χ1n) is 11.6. The van der Waals surface area contributed by atoms with Crippen molar-refractivity contribution < 1.29 is 4.79 Å². The van der Waals surface area contributed by atoms with Gasteiger partial charge in [0, 0.05) is 30.9 Å². The van der Waals surface area contributed by atoms with Gasteiger partial charge in [-0.3, -0.25) is 4.79 Å². The number of hydrogen-bond acceptors (Lipinski definition) is 3. The molecule has 0 amide bonds. The molecule has 0 N–H and O–H groups in total. The SMILES string of the molecule is CCCCC1(CC)CCN(CC2CCN(c3ccc(C=O)c(C)c3)CC2)CC1. The summed E-state index contributed by atoms with van der Waals surface area (Å²) in [5, 5.41) is 0. The van der Waals surface area contributed by atoms with Crippen LogP contribution < -0.4 is 4.90 Å². The van der Waals surface area contributed by atoms with Crippen molar-refractivity contribution in [3.63, 3.8) is 0 Å². The number of hydrogen-bond donors (Lipinski definition) is 0. The Morgan fingerprint density at radius 3 is 2.39 bits per heavy atom. The molecule has 3 heteroatoms. The van der Waals surface area contributed by atoms with E-state index >= 15 is 0 Å². The number of nitrogens with zero attached hydrogens (tertiary/aromatic N) is 2. The van der Waals surface area contributed by atoms with Gasteiger partial charge >= 0.3 is 0 Å². The van der Waals surface area contributed by atoms with E-state index < -0.39 is 0 Å². The predicted molar refractivity (Wildman–Crippen MR) is 119 cm³/mol. The number of rotatable bonds is 8. The summed E-state index contributed by atoms with van der Waals surface area (Å²) in [6, 6.07) is 6.26. The van der Waals surface area contributed by atoms with Crippen LogP contribution >= 0.6 is 0 Å². The first-order chi connectivity index (χ1) is 13.6. The fourth-order valence-electron chi connectivity index (χ4n) is 5.27. The highest BCUT2D eigenvalue weighted by molar-refractivity contribution is 5.78. The summed E-state index contributed by atoms with van der Waals surface area (Å²) in [7, 11) is 0. The van der Waals surface area contributed by atoms with E-state index in [9.17, 15) is 4.79 Å². The Kier molecular flexibility index (Phi) is 7.56. The Bertz CT molecular complexity index is 625. The molecule has 0 bridgehead atoms. The summed E-state index contributed by atoms with van der Waals surface area (Å²) < 4.78 is 0. The largest absolute Gasteiger partial charge is 0.372 e. The van der Waals surface area contributed by atoms with E-state index in [-0.39, 0.29) is 0 Å². The molecule has 0 atom stereocenters. The molecule has 0 aliphatic carbocycles. The van der Waals surface area contributed by atoms with Crippen LogP contribution in [0.25, 0.3) is 0 Å². The van der Waals surface area contributed by atoms with Gasteiger partial charge in [-0.2, -0.15) is 0 Å². The first-order valence-corrected chi connectivity index (χ1v) is 11.6. The number of aryl methyl sites for hydroxylation is 1. The highest BCUT2D eigenvalue weighted by atomic mass is 16.1. The van der Waals surface area contributed by atoms with Crippen LogP contribution in [-0.2, 0) is 0 Å². The van der Waals surface area contributed by atoms with Crippen LogP contribution in [0.4, 0.5) is 5.69 Å². The van der Waals surface area contributed by atoms with Crippen LogP contribution in [0.3, 0.4) is 0 Å². The van der Waals surface area contributed by atoms with Gasteiger partial charge in [-0.25, -0.2) is 0 Å². The minimum atomic E-state index is 0.640. The lowest BCUT2D eigenvalue weighted by molar-refractivity contribution is 0.0755. The molecule has 0 spiro atoms. The number of anilines is 1. The molecule has 1 aromatic rings. The molecule has 1 aromatic carbocycles. The summed E-state index contributed by atoms with van der Waals surface area (Å²) in [5.41, 5.74) is 3.82. The molecule has 0 unspecified atom stereocenters. The molecule has 28 heavy (non-hydrogen) atoms. The van der Waals surface area contributed by atoms with Crippen LogP contribution in [0.1, 0.15) is 81.1 Å². The number of carbonyl (C=O) groups is 1. The second kappa shape index (κ2) is 9.91. The summed E-state index contributed by atoms with van der Waals surface area (Å²) in [4.78, 5) is 16.3. The summed E-state index contributed by atoms with van der Waals surface area (Å²) >= 11 is 0. The average molecular weight is 385 g/mol. The van der Waals surface area contributed by atoms with E-state index in [4.69, 9.17) is 0 Å². The van der Waals surface area contributed by atoms with Crippen molar-refractivity contribution in [2.24, 2.45) is 11.3 Å². The molecule has 2 aliphatic heterocycles. The molecule has 0 saturated carbocycles. The Labute approximate surface area is 172 Å². The van der Waals surface area contributed by atoms with Gasteiger partial charge in [-0.1, -0.05) is 33.1 Å². The fraction of sp³-hybridized carbons (Fsp3) is 0.720. The quantitative estimate of drug-likeness (QED) is 0.537. The van der Waals surface area contributed by atoms with Crippen LogP contribution in [0.15, 0.2) is 18.2 Å². The molecule has 0 aromatic heterocycles. The predicted octanol–water partition coefficient (Wildman–Crippen LogP) is 5.71. The van der Waals surface area contributed by atoms with Crippen LogP contribution in [0, 0.1) is 18.3 Å². The molecule has 2 saturated heterocycles. The van der Waals surface area contributed by atoms with Gasteiger partial charge in [0.05, 0.1) is 0 Å². The summed E-state index contributed by atoms with van der Waals surface area (Å²) in [6.45, 7) is 13.0. The molecular weight excluding hydrogens is 344 g/mol. The number of aldehydes is 1. The standard InChI is InChI=1S/C25H40N2O/c1-4-6-11-25(5-2)12-16-26(17-13-25)19-22-9-14-27(15-10-22)24-8-7-23(20-28)21(3)18-24/h7-8,18,20,22H,4-6,9-17,19H2,1-3H3. The lowest BCUT2D eigenvalue weighted by Crippen LogP contribution is -2.44. The lowest BCUT2D eigenvalue weighted by atomic mass is 9.72. The molecule has 2 fully saturated rings. The highest BCUT2D eigenvalue weighted by Crippen LogP contribution is 2.40. The smallest absolute Gasteiger partial charge is 0.150 e. The molecule has 0 radical (unpaired) electrons. The van der Waals surface area contributed by atoms with Crippen LogP contribution in [-0.4, -0.2) is 43.9 Å². The molecule has 2 aliphatic rings. The number of unbranched alkanes of at least 4 members (excludes halogenated alkanes) is 1. The molecule has 3 nitrogen and oxygen atoms in total. The highest BCUT2D eigenvalue weighted by Gasteiger charge is 2.33. The van der Waals surface area contributed by atoms with Crippen molar-refractivity contribution in [1.29, 1.82) is 0 Å². The number of benzene rings is 1. The zero-order valence-electron chi connectivity index (χ0n) is 18.4. The van der Waals surface area contributed by atoms with E-state index in [0.29, 0.717) is 5.41 Å². The van der Waals surface area contributed by atoms with Gasteiger partial charge in [0.2, 0.25) is 0 Å². The normalized spacial score (nSPS) is 21.0. The zero-order valence-corrected chi connectivity index (χ0v) is 18.4. The van der Waals surface area contributed by atoms with Gasteiger partial charge in [0.15, 0.2) is 0 Å². The van der Waals surface area contributed by atoms with Crippen LogP contribution in [0.5, 0.6) is 0 Å². The minimum Gasteiger partial charge on any atom is -0.372 e. The Morgan fingerprint density at radius 1 is 1.11 bits per heavy atom. The molecule has 2 heterocycles. The lowest BCUT2D eigenvalue weighted by Gasteiger charge is -2.43. The zero-order chi connectivity index (χ0) is 20.0. The topological polar surface area (TPSA) is 23.6 Å². The Hall–Kier alpha value is -1.35. The first kappa shape index (κ1) is 21.4. The summed E-state index contributed by atoms with van der Waals surface area (Å²) in [6.07, 6.45) is 11.9. The molecular formula is C25H40N2O. The fourth-order valence-corrected chi connectivity index (χ4v) is 5.27. The summed E-state index contributed by atoms with van der Waals surface area (Å²) in [5.74, 6) is 0.844. The van der Waals surface area contributed by atoms with Crippen molar-refractivity contribution in [3.05, 3.63) is 29.3 Å². The van der Waals surface area contributed by atoms with Gasteiger partial charge in [0.25, 0.3) is 0 Å². The molecule has 3 rings (SSSR count). The Balaban J connectivity index is 1.45. The van der Waals surface area contributed by atoms with E-state index in [1.807, 2.05) is 13.0 Å². The van der Waals surface area contributed by atoms with Crippen molar-refractivity contribution >= 4 is 12.0 Å². The second-order valence-electron chi connectivity index (χ2n) is 9.35. The maximum atomic E-state index is 11.0. The Morgan fingerprint density at radius 2 is 1.82 bits per heavy atom. The van der Waals surface area contributed by atoms with Gasteiger partial charge < -0.3 is 9.80 Å². The third-order valence-corrected chi connectivity index (χ3v) is 7.60. The van der Waals surface area contributed by atoms with E-state index in [0.717, 1.165) is 36.4 Å². The monoisotopic (exact) mass is 384 g/mol. The van der Waals surface area contributed by atoms with E-state index in [2.05, 4.69) is 35.8 Å². The number of likely N-dealkylation sites (tertiary alicyclic amines) is 1. The molecule has 156 valence electrons. The van der Waals surface area contributed by atoms with Gasteiger partial charge in [-0.15, -0.1) is 0 Å². The second-order valence-corrected chi connectivity index (χ2v) is 9.35. The average Bonchev–Trinajstić information content (AvgIpc) is 2.74. The van der Waals surface area contributed by atoms with Gasteiger partial charge in [-0.05, 0) is 87.2 Å². The van der Waals surface area contributed by atoms with Crippen molar-refractivity contribution in [2.45, 2.75) is 72.1 Å². The number of carbonyl (C=O) groups excluding carboxylic acids is 1. The van der Waals surface area contributed by atoms with Crippen molar-refractivity contribution in [1.82, 2.24) is 4.90 Å². The third-order valence-electron chi connectivity index (χ3n) is 7.60. The minimum absolute atomic E-state index is 0.640. The maximum Gasteiger partial charge on any atom is 0.150 e. The van der Waals surface area contributed by atoms with Gasteiger partial charge in [0.1, 0.15) is 6.29 Å². The van der Waals surface area contributed by atoms with Crippen molar-refractivity contribution in [2.75, 3.05) is 37.6 Å². The van der Waals surface area contributed by atoms with Crippen molar-refractivity contribution in [3.8, 4) is 0 Å². The van der Waals surface area contributed by atoms with E-state index in [1.54, 1.807) is 0 Å². The maximum absolute atomic E-state index is 11.0. The van der Waals surface area contributed by atoms with Crippen LogP contribution in [0.2, 0.25) is 0 Å².